The van der Waals surface area contributed by atoms with Crippen LogP contribution in [0.4, 0.5) is 0 Å². The lowest BCUT2D eigenvalue weighted by molar-refractivity contribution is 0.673. The van der Waals surface area contributed by atoms with Crippen LogP contribution in [-0.2, 0) is 0 Å². The SMILES string of the molecule is c1ccc(-c2nc(-c3ccc(-c4ccc5c(c4)c4ccccc4c4ccc6c7ccccc7oc6c45)cc3)nc3ccccc23)cc1. The molecule has 3 heteroatoms. The van der Waals surface area contributed by atoms with Crippen molar-refractivity contribution in [3.8, 4) is 33.8 Å². The van der Waals surface area contributed by atoms with Gasteiger partial charge < -0.3 is 4.42 Å². The maximum absolute atomic E-state index is 6.54. The molecule has 2 aromatic heterocycles. The van der Waals surface area contributed by atoms with Crippen molar-refractivity contribution >= 4 is 65.2 Å². The van der Waals surface area contributed by atoms with E-state index in [-0.39, 0.29) is 0 Å². The van der Waals surface area contributed by atoms with E-state index in [2.05, 4.69) is 133 Å². The molecule has 0 fully saturated rings. The van der Waals surface area contributed by atoms with Crippen molar-refractivity contribution in [1.29, 1.82) is 0 Å². The fourth-order valence-electron chi connectivity index (χ4n) is 7.23. The predicted octanol–water partition coefficient (Wildman–Crippen LogP) is 12.0. The summed E-state index contributed by atoms with van der Waals surface area (Å²) < 4.78 is 6.54. The first-order valence-corrected chi connectivity index (χ1v) is 15.9. The van der Waals surface area contributed by atoms with Gasteiger partial charge in [-0.3, -0.25) is 0 Å². The first-order valence-electron chi connectivity index (χ1n) is 15.9. The monoisotopic (exact) mass is 598 g/mol. The van der Waals surface area contributed by atoms with Crippen molar-refractivity contribution in [2.75, 3.05) is 0 Å². The quantitative estimate of drug-likeness (QED) is 0.190. The van der Waals surface area contributed by atoms with Gasteiger partial charge >= 0.3 is 0 Å². The van der Waals surface area contributed by atoms with E-state index < -0.39 is 0 Å². The van der Waals surface area contributed by atoms with Gasteiger partial charge in [0.15, 0.2) is 5.82 Å². The van der Waals surface area contributed by atoms with E-state index in [1.54, 1.807) is 0 Å². The molecule has 0 saturated carbocycles. The molecule has 3 nitrogen and oxygen atoms in total. The van der Waals surface area contributed by atoms with Crippen molar-refractivity contribution in [3.63, 3.8) is 0 Å². The van der Waals surface area contributed by atoms with Crippen LogP contribution in [0, 0.1) is 0 Å². The maximum atomic E-state index is 6.54. The lowest BCUT2D eigenvalue weighted by Gasteiger charge is -2.13. The fraction of sp³-hybridized carbons (Fsp3) is 0. The number of furan rings is 1. The second-order valence-corrected chi connectivity index (χ2v) is 12.1. The molecule has 0 bridgehead atoms. The normalized spacial score (nSPS) is 11.8. The molecule has 10 rings (SSSR count). The molecule has 0 saturated heterocycles. The number of hydrogen-bond acceptors (Lipinski definition) is 3. The van der Waals surface area contributed by atoms with Gasteiger partial charge in [-0.2, -0.15) is 0 Å². The van der Waals surface area contributed by atoms with Crippen LogP contribution >= 0.6 is 0 Å². The second kappa shape index (κ2) is 10.1. The number of aromatic nitrogens is 2. The number of para-hydroxylation sites is 2. The van der Waals surface area contributed by atoms with E-state index in [0.717, 1.165) is 72.0 Å². The Morgan fingerprint density at radius 2 is 0.957 bits per heavy atom. The van der Waals surface area contributed by atoms with Gasteiger partial charge in [-0.15, -0.1) is 0 Å². The molecule has 47 heavy (non-hydrogen) atoms. The summed E-state index contributed by atoms with van der Waals surface area (Å²) in [7, 11) is 0. The number of fused-ring (bicyclic) bond motifs is 11. The summed E-state index contributed by atoms with van der Waals surface area (Å²) in [5, 5.41) is 10.6. The first-order chi connectivity index (χ1) is 23.3. The van der Waals surface area contributed by atoms with Crippen molar-refractivity contribution in [2.45, 2.75) is 0 Å². The highest BCUT2D eigenvalue weighted by molar-refractivity contribution is 6.32. The van der Waals surface area contributed by atoms with Crippen LogP contribution < -0.4 is 0 Å². The van der Waals surface area contributed by atoms with Gasteiger partial charge in [0.1, 0.15) is 11.2 Å². The molecule has 0 aliphatic rings. The predicted molar refractivity (Wildman–Crippen MR) is 196 cm³/mol. The molecule has 0 unspecified atom stereocenters. The average Bonchev–Trinajstić information content (AvgIpc) is 3.53. The van der Waals surface area contributed by atoms with Gasteiger partial charge in [0, 0.05) is 32.7 Å². The van der Waals surface area contributed by atoms with Crippen LogP contribution in [-0.4, -0.2) is 9.97 Å². The molecule has 8 aromatic carbocycles. The molecule has 10 aromatic rings. The van der Waals surface area contributed by atoms with Gasteiger partial charge in [-0.25, -0.2) is 9.97 Å². The average molecular weight is 599 g/mol. The van der Waals surface area contributed by atoms with Gasteiger partial charge in [-0.1, -0.05) is 133 Å². The minimum Gasteiger partial charge on any atom is -0.455 e. The number of rotatable bonds is 3. The third-order valence-electron chi connectivity index (χ3n) is 9.47. The third kappa shape index (κ3) is 4.00. The number of benzene rings is 8. The van der Waals surface area contributed by atoms with E-state index in [1.165, 1.54) is 26.9 Å². The summed E-state index contributed by atoms with van der Waals surface area (Å²) in [6.45, 7) is 0. The molecule has 0 atom stereocenters. The van der Waals surface area contributed by atoms with Crippen LogP contribution in [0.3, 0.4) is 0 Å². The number of nitrogens with zero attached hydrogens (tertiary/aromatic N) is 2. The maximum Gasteiger partial charge on any atom is 0.160 e. The zero-order valence-corrected chi connectivity index (χ0v) is 25.3. The van der Waals surface area contributed by atoms with Crippen LogP contribution in [0.2, 0.25) is 0 Å². The highest BCUT2D eigenvalue weighted by Gasteiger charge is 2.17. The summed E-state index contributed by atoms with van der Waals surface area (Å²) in [6.07, 6.45) is 0. The Morgan fingerprint density at radius 3 is 1.79 bits per heavy atom. The molecule has 0 aliphatic carbocycles. The van der Waals surface area contributed by atoms with E-state index >= 15 is 0 Å². The van der Waals surface area contributed by atoms with Gasteiger partial charge in [-0.05, 0) is 62.3 Å². The third-order valence-corrected chi connectivity index (χ3v) is 9.47. The topological polar surface area (TPSA) is 38.9 Å². The van der Waals surface area contributed by atoms with Crippen molar-refractivity contribution in [3.05, 3.63) is 158 Å². The molecule has 2 heterocycles. The molecule has 0 radical (unpaired) electrons. The number of hydrogen-bond donors (Lipinski definition) is 0. The standard InChI is InChI=1S/C44H26N2O/c1-2-10-28(11-3-1)42-37-15-6-8-16-39(37)45-44(46-42)29-20-18-27(19-21-29)30-22-23-35-38(26-30)32-13-5-4-12-31(32)34-24-25-36-33-14-7-9-17-40(33)47-43(36)41(34)35/h1-26H. The summed E-state index contributed by atoms with van der Waals surface area (Å²) in [5.74, 6) is 0.722. The van der Waals surface area contributed by atoms with Crippen molar-refractivity contribution in [2.24, 2.45) is 0 Å². The molecular formula is C44H26N2O. The Kier molecular flexibility index (Phi) is 5.57. The fourth-order valence-corrected chi connectivity index (χ4v) is 7.23. The minimum atomic E-state index is 0.722. The van der Waals surface area contributed by atoms with E-state index in [1.807, 2.05) is 24.3 Å². The summed E-state index contributed by atoms with van der Waals surface area (Å²) in [4.78, 5) is 10.0. The second-order valence-electron chi connectivity index (χ2n) is 12.1. The molecule has 0 aliphatic heterocycles. The molecule has 218 valence electrons. The smallest absolute Gasteiger partial charge is 0.160 e. The first kappa shape index (κ1) is 26.0. The Balaban J connectivity index is 1.13. The lowest BCUT2D eigenvalue weighted by atomic mass is 9.91. The van der Waals surface area contributed by atoms with E-state index in [4.69, 9.17) is 14.4 Å². The van der Waals surface area contributed by atoms with E-state index in [0.29, 0.717) is 0 Å². The molecule has 0 amide bonds. The Labute approximate surface area is 270 Å². The van der Waals surface area contributed by atoms with Crippen LogP contribution in [0.1, 0.15) is 0 Å². The Hall–Kier alpha value is -6.32. The Morgan fingerprint density at radius 1 is 0.362 bits per heavy atom. The zero-order chi connectivity index (χ0) is 30.9. The van der Waals surface area contributed by atoms with Gasteiger partial charge in [0.05, 0.1) is 11.2 Å². The zero-order valence-electron chi connectivity index (χ0n) is 25.3. The molecule has 0 spiro atoms. The van der Waals surface area contributed by atoms with Crippen LogP contribution in [0.25, 0.3) is 98.9 Å². The summed E-state index contributed by atoms with van der Waals surface area (Å²) in [6, 6.07) is 55.5. The Bertz CT molecular complexity index is 2830. The highest BCUT2D eigenvalue weighted by atomic mass is 16.3. The van der Waals surface area contributed by atoms with Crippen molar-refractivity contribution in [1.82, 2.24) is 9.97 Å². The largest absolute Gasteiger partial charge is 0.455 e. The highest BCUT2D eigenvalue weighted by Crippen LogP contribution is 2.43. The van der Waals surface area contributed by atoms with Gasteiger partial charge in [0.2, 0.25) is 0 Å². The summed E-state index contributed by atoms with van der Waals surface area (Å²) >= 11 is 0. The van der Waals surface area contributed by atoms with Gasteiger partial charge in [0.25, 0.3) is 0 Å². The minimum absolute atomic E-state index is 0.722. The van der Waals surface area contributed by atoms with Crippen LogP contribution in [0.5, 0.6) is 0 Å². The van der Waals surface area contributed by atoms with Crippen LogP contribution in [0.15, 0.2) is 162 Å². The van der Waals surface area contributed by atoms with E-state index in [9.17, 15) is 0 Å². The lowest BCUT2D eigenvalue weighted by Crippen LogP contribution is -1.95. The molecule has 0 N–H and O–H groups in total. The van der Waals surface area contributed by atoms with Crippen molar-refractivity contribution < 1.29 is 4.42 Å². The summed E-state index contributed by atoms with van der Waals surface area (Å²) in [5.41, 5.74) is 8.12. The molecular weight excluding hydrogens is 572 g/mol.